The van der Waals surface area contributed by atoms with E-state index in [-0.39, 0.29) is 6.54 Å². The van der Waals surface area contributed by atoms with Crippen LogP contribution in [0.25, 0.3) is 0 Å². The highest BCUT2D eigenvalue weighted by Crippen LogP contribution is 2.06. The first-order chi connectivity index (χ1) is 5.29. The van der Waals surface area contributed by atoms with E-state index in [0.29, 0.717) is 0 Å². The molecule has 0 heterocycles. The summed E-state index contributed by atoms with van der Waals surface area (Å²) in [6, 6.07) is 0. The summed E-state index contributed by atoms with van der Waals surface area (Å²) in [6.07, 6.45) is 6.87. The predicted octanol–water partition coefficient (Wildman–Crippen LogP) is 1.25. The molecular weight excluding hydrogens is 142 g/mol. The molecule has 60 valence electrons. The van der Waals surface area contributed by atoms with E-state index in [2.05, 4.69) is 11.1 Å². The van der Waals surface area contributed by atoms with Gasteiger partial charge in [-0.05, 0) is 12.8 Å². The fourth-order valence-electron chi connectivity index (χ4n) is 1.01. The molecule has 0 aromatic rings. The monoisotopic (exact) mass is 153 g/mol. The summed E-state index contributed by atoms with van der Waals surface area (Å²) in [7, 11) is 0. The zero-order valence-corrected chi connectivity index (χ0v) is 6.29. The Hall–Kier alpha value is -1.12. The second-order valence-corrected chi connectivity index (χ2v) is 2.49. The minimum atomic E-state index is -0.855. The summed E-state index contributed by atoms with van der Waals surface area (Å²) < 4.78 is 0. The SMILES string of the molecule is O=C(O)CN=C1CC=CCC1. The highest BCUT2D eigenvalue weighted by Gasteiger charge is 2.01. The predicted molar refractivity (Wildman–Crippen MR) is 42.9 cm³/mol. The van der Waals surface area contributed by atoms with Crippen molar-refractivity contribution in [2.24, 2.45) is 4.99 Å². The van der Waals surface area contributed by atoms with Gasteiger partial charge in [0, 0.05) is 12.1 Å². The van der Waals surface area contributed by atoms with E-state index in [1.54, 1.807) is 0 Å². The Labute approximate surface area is 65.4 Å². The zero-order valence-electron chi connectivity index (χ0n) is 6.29. The van der Waals surface area contributed by atoms with Gasteiger partial charge < -0.3 is 5.11 Å². The van der Waals surface area contributed by atoms with Crippen molar-refractivity contribution >= 4 is 11.7 Å². The van der Waals surface area contributed by atoms with Crippen LogP contribution in [-0.2, 0) is 4.79 Å². The fraction of sp³-hybridized carbons (Fsp3) is 0.500. The first-order valence-electron chi connectivity index (χ1n) is 3.68. The minimum absolute atomic E-state index is 0.0802. The molecular formula is C8H11NO2. The number of aliphatic carboxylic acids is 1. The lowest BCUT2D eigenvalue weighted by Crippen LogP contribution is -2.06. The Morgan fingerprint density at radius 1 is 1.64 bits per heavy atom. The largest absolute Gasteiger partial charge is 0.480 e. The molecule has 0 spiro atoms. The van der Waals surface area contributed by atoms with Crippen LogP contribution in [0, 0.1) is 0 Å². The van der Waals surface area contributed by atoms with Crippen LogP contribution in [0.4, 0.5) is 0 Å². The Morgan fingerprint density at radius 3 is 3.00 bits per heavy atom. The molecule has 0 aromatic heterocycles. The molecule has 1 aliphatic carbocycles. The van der Waals surface area contributed by atoms with Crippen molar-refractivity contribution in [3.63, 3.8) is 0 Å². The van der Waals surface area contributed by atoms with Gasteiger partial charge in [-0.15, -0.1) is 0 Å². The third-order valence-electron chi connectivity index (χ3n) is 1.56. The molecule has 1 rings (SSSR count). The van der Waals surface area contributed by atoms with Gasteiger partial charge in [0.25, 0.3) is 0 Å². The Balaban J connectivity index is 2.40. The van der Waals surface area contributed by atoms with Crippen LogP contribution in [0.2, 0.25) is 0 Å². The minimum Gasteiger partial charge on any atom is -0.480 e. The summed E-state index contributed by atoms with van der Waals surface area (Å²) in [4.78, 5) is 14.1. The van der Waals surface area contributed by atoms with Gasteiger partial charge in [0.2, 0.25) is 0 Å². The molecule has 0 saturated heterocycles. The van der Waals surface area contributed by atoms with Crippen LogP contribution in [0.3, 0.4) is 0 Å². The number of carboxylic acid groups (broad SMARTS) is 1. The van der Waals surface area contributed by atoms with E-state index in [0.717, 1.165) is 25.0 Å². The second-order valence-electron chi connectivity index (χ2n) is 2.49. The van der Waals surface area contributed by atoms with Crippen molar-refractivity contribution in [3.05, 3.63) is 12.2 Å². The Kier molecular flexibility index (Phi) is 2.83. The number of carbonyl (C=O) groups is 1. The van der Waals surface area contributed by atoms with Gasteiger partial charge in [0.1, 0.15) is 6.54 Å². The average molecular weight is 153 g/mol. The maximum Gasteiger partial charge on any atom is 0.325 e. The van der Waals surface area contributed by atoms with Gasteiger partial charge in [-0.1, -0.05) is 12.2 Å². The summed E-state index contributed by atoms with van der Waals surface area (Å²) in [6.45, 7) is -0.0802. The van der Waals surface area contributed by atoms with Crippen LogP contribution in [0.15, 0.2) is 17.1 Å². The number of nitrogens with zero attached hydrogens (tertiary/aromatic N) is 1. The third-order valence-corrected chi connectivity index (χ3v) is 1.56. The summed E-state index contributed by atoms with van der Waals surface area (Å²) in [5.41, 5.74) is 1.01. The molecule has 0 aromatic carbocycles. The highest BCUT2D eigenvalue weighted by molar-refractivity contribution is 5.88. The molecule has 3 nitrogen and oxygen atoms in total. The zero-order chi connectivity index (χ0) is 8.10. The second kappa shape index (κ2) is 3.91. The van der Waals surface area contributed by atoms with Gasteiger partial charge in [-0.3, -0.25) is 9.79 Å². The molecule has 1 N–H and O–H groups in total. The molecule has 0 aliphatic heterocycles. The lowest BCUT2D eigenvalue weighted by molar-refractivity contribution is -0.135. The van der Waals surface area contributed by atoms with E-state index < -0.39 is 5.97 Å². The van der Waals surface area contributed by atoms with Gasteiger partial charge in [-0.25, -0.2) is 0 Å². The first kappa shape index (κ1) is 7.98. The van der Waals surface area contributed by atoms with Crippen LogP contribution in [-0.4, -0.2) is 23.3 Å². The lowest BCUT2D eigenvalue weighted by atomic mass is 10.1. The number of carboxylic acids is 1. The Morgan fingerprint density at radius 2 is 2.45 bits per heavy atom. The van der Waals surface area contributed by atoms with E-state index in [1.165, 1.54) is 0 Å². The standard InChI is InChI=1S/C8H11NO2/c10-8(11)6-9-7-4-2-1-3-5-7/h1-2H,3-6H2,(H,10,11). The summed E-state index contributed by atoms with van der Waals surface area (Å²) in [5.74, 6) is -0.855. The summed E-state index contributed by atoms with van der Waals surface area (Å²) in [5, 5.41) is 8.32. The molecule has 3 heteroatoms. The van der Waals surface area contributed by atoms with Crippen molar-refractivity contribution in [1.29, 1.82) is 0 Å². The van der Waals surface area contributed by atoms with Crippen molar-refractivity contribution < 1.29 is 9.90 Å². The molecule has 0 amide bonds. The maximum absolute atomic E-state index is 10.1. The molecule has 0 radical (unpaired) electrons. The number of allylic oxidation sites excluding steroid dienone is 2. The molecule has 11 heavy (non-hydrogen) atoms. The highest BCUT2D eigenvalue weighted by atomic mass is 16.4. The molecule has 0 atom stereocenters. The van der Waals surface area contributed by atoms with Crippen molar-refractivity contribution in [1.82, 2.24) is 0 Å². The number of aliphatic imine (C=N–C) groups is 1. The molecule has 0 bridgehead atoms. The maximum atomic E-state index is 10.1. The van der Waals surface area contributed by atoms with Crippen LogP contribution < -0.4 is 0 Å². The quantitative estimate of drug-likeness (QED) is 0.607. The van der Waals surface area contributed by atoms with Gasteiger partial charge in [-0.2, -0.15) is 0 Å². The van der Waals surface area contributed by atoms with Crippen LogP contribution in [0.1, 0.15) is 19.3 Å². The molecule has 0 fully saturated rings. The number of hydrogen-bond acceptors (Lipinski definition) is 2. The topological polar surface area (TPSA) is 49.7 Å². The van der Waals surface area contributed by atoms with Crippen molar-refractivity contribution in [3.8, 4) is 0 Å². The van der Waals surface area contributed by atoms with E-state index in [9.17, 15) is 4.79 Å². The van der Waals surface area contributed by atoms with Gasteiger partial charge in [0.15, 0.2) is 0 Å². The third kappa shape index (κ3) is 2.98. The summed E-state index contributed by atoms with van der Waals surface area (Å²) >= 11 is 0. The van der Waals surface area contributed by atoms with Gasteiger partial charge in [0.05, 0.1) is 0 Å². The normalized spacial score (nSPS) is 20.5. The van der Waals surface area contributed by atoms with Crippen LogP contribution >= 0.6 is 0 Å². The lowest BCUT2D eigenvalue weighted by Gasteiger charge is -2.05. The average Bonchev–Trinajstić information content (AvgIpc) is 2.03. The first-order valence-corrected chi connectivity index (χ1v) is 3.68. The van der Waals surface area contributed by atoms with Crippen molar-refractivity contribution in [2.45, 2.75) is 19.3 Å². The number of hydrogen-bond donors (Lipinski definition) is 1. The van der Waals surface area contributed by atoms with E-state index in [4.69, 9.17) is 5.11 Å². The van der Waals surface area contributed by atoms with Crippen molar-refractivity contribution in [2.75, 3.05) is 6.54 Å². The Bertz CT molecular complexity index is 206. The smallest absolute Gasteiger partial charge is 0.325 e. The van der Waals surface area contributed by atoms with E-state index in [1.807, 2.05) is 6.08 Å². The molecule has 0 saturated carbocycles. The van der Waals surface area contributed by atoms with Gasteiger partial charge >= 0.3 is 5.97 Å². The van der Waals surface area contributed by atoms with E-state index >= 15 is 0 Å². The number of rotatable bonds is 2. The fourth-order valence-corrected chi connectivity index (χ4v) is 1.01. The molecule has 0 unspecified atom stereocenters. The van der Waals surface area contributed by atoms with Crippen LogP contribution in [0.5, 0.6) is 0 Å². The molecule has 1 aliphatic rings.